The van der Waals surface area contributed by atoms with Crippen LogP contribution in [0.1, 0.15) is 38.8 Å². The van der Waals surface area contributed by atoms with E-state index in [1.165, 1.54) is 0 Å². The topological polar surface area (TPSA) is 50.7 Å². The zero-order valence-corrected chi connectivity index (χ0v) is 13.1. The molecular weight excluding hydrogens is 254 g/mol. The summed E-state index contributed by atoms with van der Waals surface area (Å²) >= 11 is 0. The van der Waals surface area contributed by atoms with Crippen LogP contribution in [0.4, 0.5) is 0 Å². The lowest BCUT2D eigenvalue weighted by molar-refractivity contribution is 0.110. The molecule has 4 heteroatoms. The molecule has 0 aliphatic carbocycles. The minimum absolute atomic E-state index is 0.147. The van der Waals surface area contributed by atoms with E-state index in [0.29, 0.717) is 12.5 Å². The highest BCUT2D eigenvalue weighted by Crippen LogP contribution is 2.29. The molecule has 0 bridgehead atoms. The summed E-state index contributed by atoms with van der Waals surface area (Å²) in [4.78, 5) is 0. The molecule has 0 aliphatic heterocycles. The maximum Gasteiger partial charge on any atom is 0.161 e. The zero-order chi connectivity index (χ0) is 15.1. The van der Waals surface area contributed by atoms with Crippen LogP contribution in [0.15, 0.2) is 18.2 Å². The molecule has 0 fully saturated rings. The lowest BCUT2D eigenvalue weighted by Crippen LogP contribution is -2.33. The molecule has 1 rings (SSSR count). The van der Waals surface area contributed by atoms with Crippen LogP contribution in [0.3, 0.4) is 0 Å². The minimum Gasteiger partial charge on any atom is -0.493 e. The van der Waals surface area contributed by atoms with Crippen molar-refractivity contribution in [3.63, 3.8) is 0 Å². The molecule has 0 heterocycles. The van der Waals surface area contributed by atoms with Crippen molar-refractivity contribution < 1.29 is 14.6 Å². The third kappa shape index (κ3) is 4.39. The number of nitrogens with one attached hydrogen (secondary N) is 1. The van der Waals surface area contributed by atoms with Gasteiger partial charge in [-0.3, -0.25) is 0 Å². The summed E-state index contributed by atoms with van der Waals surface area (Å²) in [5.41, 5.74) is 1.11. The third-order valence-electron chi connectivity index (χ3n) is 3.84. The van der Waals surface area contributed by atoms with Gasteiger partial charge in [-0.1, -0.05) is 26.3 Å². The fraction of sp³-hybridized carbons (Fsp3) is 0.625. The van der Waals surface area contributed by atoms with Crippen molar-refractivity contribution in [2.45, 2.75) is 39.3 Å². The van der Waals surface area contributed by atoms with E-state index in [9.17, 15) is 5.11 Å². The standard InChI is InChI=1S/C16H27NO3/c1-6-11(2)14(18)10-17-12(3)13-7-8-15(19-4)16(9-13)20-5/h7-9,11-12,14,17-18H,6,10H2,1-5H3. The second-order valence-corrected chi connectivity index (χ2v) is 5.20. The summed E-state index contributed by atoms with van der Waals surface area (Å²) in [6, 6.07) is 6.02. The van der Waals surface area contributed by atoms with E-state index in [0.717, 1.165) is 23.5 Å². The molecule has 0 aliphatic rings. The first-order valence-corrected chi connectivity index (χ1v) is 7.16. The Labute approximate surface area is 122 Å². The molecule has 2 N–H and O–H groups in total. The maximum absolute atomic E-state index is 9.99. The second kappa shape index (κ2) is 8.12. The second-order valence-electron chi connectivity index (χ2n) is 5.20. The van der Waals surface area contributed by atoms with E-state index >= 15 is 0 Å². The van der Waals surface area contributed by atoms with E-state index in [1.807, 2.05) is 18.2 Å². The van der Waals surface area contributed by atoms with Crippen molar-refractivity contribution in [2.24, 2.45) is 5.92 Å². The number of hydrogen-bond donors (Lipinski definition) is 2. The maximum atomic E-state index is 9.99. The van der Waals surface area contributed by atoms with E-state index in [-0.39, 0.29) is 12.1 Å². The SMILES string of the molecule is CCC(C)C(O)CNC(C)c1ccc(OC)c(OC)c1. The van der Waals surface area contributed by atoms with Crippen LogP contribution >= 0.6 is 0 Å². The molecule has 1 aromatic carbocycles. The molecule has 0 amide bonds. The van der Waals surface area contributed by atoms with Gasteiger partial charge in [0.05, 0.1) is 20.3 Å². The van der Waals surface area contributed by atoms with Crippen molar-refractivity contribution in [3.8, 4) is 11.5 Å². The zero-order valence-electron chi connectivity index (χ0n) is 13.1. The fourth-order valence-electron chi connectivity index (χ4n) is 2.01. The van der Waals surface area contributed by atoms with Crippen LogP contribution in [-0.4, -0.2) is 32.0 Å². The summed E-state index contributed by atoms with van der Waals surface area (Å²) in [6.07, 6.45) is 0.663. The fourth-order valence-corrected chi connectivity index (χ4v) is 2.01. The van der Waals surface area contributed by atoms with Crippen molar-refractivity contribution in [3.05, 3.63) is 23.8 Å². The number of aliphatic hydroxyl groups excluding tert-OH is 1. The van der Waals surface area contributed by atoms with Crippen molar-refractivity contribution in [2.75, 3.05) is 20.8 Å². The number of benzene rings is 1. The van der Waals surface area contributed by atoms with E-state index in [2.05, 4.69) is 26.1 Å². The largest absolute Gasteiger partial charge is 0.493 e. The van der Waals surface area contributed by atoms with Gasteiger partial charge in [-0.05, 0) is 30.5 Å². The van der Waals surface area contributed by atoms with Gasteiger partial charge in [0.1, 0.15) is 0 Å². The highest BCUT2D eigenvalue weighted by atomic mass is 16.5. The van der Waals surface area contributed by atoms with Gasteiger partial charge in [-0.2, -0.15) is 0 Å². The molecule has 0 aromatic heterocycles. The first kappa shape index (κ1) is 16.8. The summed E-state index contributed by atoms with van der Waals surface area (Å²) in [5, 5.41) is 13.3. The Morgan fingerprint density at radius 3 is 2.35 bits per heavy atom. The monoisotopic (exact) mass is 281 g/mol. The first-order chi connectivity index (χ1) is 9.53. The van der Waals surface area contributed by atoms with E-state index < -0.39 is 0 Å². The third-order valence-corrected chi connectivity index (χ3v) is 3.84. The Balaban J connectivity index is 2.65. The average molecular weight is 281 g/mol. The quantitative estimate of drug-likeness (QED) is 0.769. The van der Waals surface area contributed by atoms with Crippen LogP contribution in [0.25, 0.3) is 0 Å². The van der Waals surface area contributed by atoms with Crippen LogP contribution < -0.4 is 14.8 Å². The van der Waals surface area contributed by atoms with Gasteiger partial charge in [-0.15, -0.1) is 0 Å². The molecule has 114 valence electrons. The molecule has 0 saturated heterocycles. The summed E-state index contributed by atoms with van der Waals surface area (Å²) in [6.45, 7) is 6.81. The highest BCUT2D eigenvalue weighted by Gasteiger charge is 2.15. The molecule has 3 unspecified atom stereocenters. The Bertz CT molecular complexity index is 409. The first-order valence-electron chi connectivity index (χ1n) is 7.16. The van der Waals surface area contributed by atoms with Crippen molar-refractivity contribution in [1.29, 1.82) is 0 Å². The number of rotatable bonds is 8. The van der Waals surface area contributed by atoms with Gasteiger partial charge in [0.15, 0.2) is 11.5 Å². The summed E-state index contributed by atoms with van der Waals surface area (Å²) in [7, 11) is 3.26. The number of hydrogen-bond acceptors (Lipinski definition) is 4. The summed E-state index contributed by atoms with van der Waals surface area (Å²) < 4.78 is 10.5. The molecule has 0 spiro atoms. The predicted octanol–water partition coefficient (Wildman–Crippen LogP) is 2.76. The molecule has 0 saturated carbocycles. The number of methoxy groups -OCH3 is 2. The normalized spacial score (nSPS) is 15.5. The Kier molecular flexibility index (Phi) is 6.82. The van der Waals surface area contributed by atoms with E-state index in [4.69, 9.17) is 9.47 Å². The molecule has 20 heavy (non-hydrogen) atoms. The molecule has 3 atom stereocenters. The van der Waals surface area contributed by atoms with Gasteiger partial charge in [-0.25, -0.2) is 0 Å². The number of ether oxygens (including phenoxy) is 2. The van der Waals surface area contributed by atoms with Crippen LogP contribution in [0, 0.1) is 5.92 Å². The van der Waals surface area contributed by atoms with Gasteiger partial charge in [0, 0.05) is 12.6 Å². The van der Waals surface area contributed by atoms with Crippen LogP contribution in [0.2, 0.25) is 0 Å². The van der Waals surface area contributed by atoms with Crippen molar-refractivity contribution in [1.82, 2.24) is 5.32 Å². The van der Waals surface area contributed by atoms with Gasteiger partial charge in [0.25, 0.3) is 0 Å². The molecular formula is C16H27NO3. The van der Waals surface area contributed by atoms with E-state index in [1.54, 1.807) is 14.2 Å². The van der Waals surface area contributed by atoms with Crippen LogP contribution in [0.5, 0.6) is 11.5 Å². The highest BCUT2D eigenvalue weighted by molar-refractivity contribution is 5.43. The Morgan fingerprint density at radius 2 is 1.80 bits per heavy atom. The smallest absolute Gasteiger partial charge is 0.161 e. The minimum atomic E-state index is -0.317. The summed E-state index contributed by atoms with van der Waals surface area (Å²) in [5.74, 6) is 1.75. The van der Waals surface area contributed by atoms with Gasteiger partial charge < -0.3 is 19.9 Å². The van der Waals surface area contributed by atoms with Gasteiger partial charge in [0.2, 0.25) is 0 Å². The Morgan fingerprint density at radius 1 is 1.15 bits per heavy atom. The Hall–Kier alpha value is -1.26. The van der Waals surface area contributed by atoms with Gasteiger partial charge >= 0.3 is 0 Å². The molecule has 0 radical (unpaired) electrons. The predicted molar refractivity (Wildman–Crippen MR) is 81.4 cm³/mol. The van der Waals surface area contributed by atoms with Crippen LogP contribution in [-0.2, 0) is 0 Å². The number of aliphatic hydroxyl groups is 1. The lowest BCUT2D eigenvalue weighted by atomic mass is 10.0. The average Bonchev–Trinajstić information content (AvgIpc) is 2.50. The van der Waals surface area contributed by atoms with Crippen molar-refractivity contribution >= 4 is 0 Å². The molecule has 1 aromatic rings. The lowest BCUT2D eigenvalue weighted by Gasteiger charge is -2.21. The molecule has 4 nitrogen and oxygen atoms in total.